The Labute approximate surface area is 167 Å². The summed E-state index contributed by atoms with van der Waals surface area (Å²) in [6.07, 6.45) is -0.140. The molecule has 4 aromatic rings. The van der Waals surface area contributed by atoms with Crippen LogP contribution < -0.4 is 0 Å². The number of hydrogen-bond acceptors (Lipinski definition) is 2. The maximum atomic E-state index is 11.7. The van der Waals surface area contributed by atoms with Crippen molar-refractivity contribution in [2.24, 2.45) is 0 Å². The molecule has 0 saturated heterocycles. The van der Waals surface area contributed by atoms with E-state index < -0.39 is 5.97 Å². The second-order valence-electron chi connectivity index (χ2n) is 6.34. The average Bonchev–Trinajstić information content (AvgIpc) is 3.08. The Balaban J connectivity index is 2.07. The van der Waals surface area contributed by atoms with Gasteiger partial charge in [0, 0.05) is 16.7 Å². The van der Waals surface area contributed by atoms with Crippen molar-refractivity contribution in [3.8, 4) is 28.2 Å². The fourth-order valence-electron chi connectivity index (χ4n) is 3.29. The number of carbonyl (C=O) groups is 1. The van der Waals surface area contributed by atoms with Crippen molar-refractivity contribution in [1.82, 2.24) is 9.78 Å². The summed E-state index contributed by atoms with van der Waals surface area (Å²) in [5, 5.41) is 14.9. The lowest BCUT2D eigenvalue weighted by molar-refractivity contribution is -0.136. The third-order valence-corrected chi connectivity index (χ3v) is 4.81. The van der Waals surface area contributed by atoms with Gasteiger partial charge >= 0.3 is 5.97 Å². The van der Waals surface area contributed by atoms with Gasteiger partial charge in [-0.3, -0.25) is 4.79 Å². The van der Waals surface area contributed by atoms with Crippen LogP contribution in [0.2, 0.25) is 5.02 Å². The summed E-state index contributed by atoms with van der Waals surface area (Å²) in [6.45, 7) is 0. The van der Waals surface area contributed by atoms with Crippen molar-refractivity contribution in [1.29, 1.82) is 0 Å². The number of carboxylic acids is 1. The summed E-state index contributed by atoms with van der Waals surface area (Å²) >= 11 is 6.45. The van der Waals surface area contributed by atoms with Crippen LogP contribution in [0, 0.1) is 0 Å². The van der Waals surface area contributed by atoms with Crippen molar-refractivity contribution < 1.29 is 9.90 Å². The highest BCUT2D eigenvalue weighted by Gasteiger charge is 2.24. The van der Waals surface area contributed by atoms with E-state index in [1.165, 1.54) is 0 Å². The van der Waals surface area contributed by atoms with Gasteiger partial charge in [-0.15, -0.1) is 0 Å². The zero-order valence-corrected chi connectivity index (χ0v) is 15.7. The fraction of sp³-hybridized carbons (Fsp3) is 0.0435. The summed E-state index contributed by atoms with van der Waals surface area (Å²) in [7, 11) is 0. The van der Waals surface area contributed by atoms with Crippen molar-refractivity contribution in [3.63, 3.8) is 0 Å². The molecule has 5 heteroatoms. The van der Waals surface area contributed by atoms with E-state index >= 15 is 0 Å². The van der Waals surface area contributed by atoms with E-state index in [0.29, 0.717) is 22.0 Å². The molecule has 0 radical (unpaired) electrons. The van der Waals surface area contributed by atoms with E-state index in [4.69, 9.17) is 16.7 Å². The van der Waals surface area contributed by atoms with Gasteiger partial charge in [-0.1, -0.05) is 84.4 Å². The number of benzene rings is 3. The molecule has 0 aliphatic heterocycles. The van der Waals surface area contributed by atoms with Crippen LogP contribution in [0.4, 0.5) is 0 Å². The molecule has 4 nitrogen and oxygen atoms in total. The van der Waals surface area contributed by atoms with Crippen LogP contribution in [0.15, 0.2) is 84.9 Å². The predicted octanol–water partition coefficient (Wildman–Crippen LogP) is 5.49. The van der Waals surface area contributed by atoms with Gasteiger partial charge in [0.1, 0.15) is 0 Å². The van der Waals surface area contributed by atoms with Crippen LogP contribution >= 0.6 is 11.6 Å². The maximum Gasteiger partial charge on any atom is 0.307 e. The van der Waals surface area contributed by atoms with E-state index in [9.17, 15) is 9.90 Å². The molecule has 0 fully saturated rings. The number of rotatable bonds is 5. The van der Waals surface area contributed by atoms with Crippen molar-refractivity contribution in [3.05, 3.63) is 95.5 Å². The highest BCUT2D eigenvalue weighted by atomic mass is 35.5. The molecule has 0 bridgehead atoms. The largest absolute Gasteiger partial charge is 0.481 e. The summed E-state index contributed by atoms with van der Waals surface area (Å²) in [5.74, 6) is -0.909. The molecular formula is C23H17ClN2O2. The van der Waals surface area contributed by atoms with Crippen molar-refractivity contribution in [2.75, 3.05) is 0 Å². The predicted molar refractivity (Wildman–Crippen MR) is 111 cm³/mol. The molecule has 3 aromatic carbocycles. The quantitative estimate of drug-likeness (QED) is 0.492. The summed E-state index contributed by atoms with van der Waals surface area (Å²) in [6, 6.07) is 26.7. The zero-order valence-electron chi connectivity index (χ0n) is 14.9. The average molecular weight is 389 g/mol. The lowest BCUT2D eigenvalue weighted by atomic mass is 9.99. The van der Waals surface area contributed by atoms with E-state index in [0.717, 1.165) is 16.8 Å². The Morgan fingerprint density at radius 2 is 1.43 bits per heavy atom. The van der Waals surface area contributed by atoms with Crippen LogP contribution in [0.25, 0.3) is 28.2 Å². The molecule has 0 spiro atoms. The minimum Gasteiger partial charge on any atom is -0.481 e. The molecule has 1 N–H and O–H groups in total. The van der Waals surface area contributed by atoms with Gasteiger partial charge in [-0.25, -0.2) is 4.68 Å². The Morgan fingerprint density at radius 3 is 2.04 bits per heavy atom. The first-order valence-electron chi connectivity index (χ1n) is 8.84. The van der Waals surface area contributed by atoms with Crippen LogP contribution in [-0.2, 0) is 11.2 Å². The number of nitrogens with zero attached hydrogens (tertiary/aromatic N) is 2. The summed E-state index contributed by atoms with van der Waals surface area (Å²) in [5.41, 5.74) is 4.48. The molecule has 0 aliphatic rings. The molecule has 138 valence electrons. The minimum absolute atomic E-state index is 0.140. The first-order valence-corrected chi connectivity index (χ1v) is 9.22. The number of aromatic nitrogens is 2. The van der Waals surface area contributed by atoms with Crippen LogP contribution in [0.3, 0.4) is 0 Å². The van der Waals surface area contributed by atoms with Crippen LogP contribution in [0.5, 0.6) is 0 Å². The number of halogens is 1. The van der Waals surface area contributed by atoms with E-state index in [1.54, 1.807) is 10.7 Å². The Hall–Kier alpha value is -3.37. The molecule has 1 aromatic heterocycles. The Kier molecular flexibility index (Phi) is 4.96. The maximum absolute atomic E-state index is 11.7. The molecule has 0 unspecified atom stereocenters. The molecule has 1 heterocycles. The number of hydrogen-bond donors (Lipinski definition) is 1. The lowest BCUT2D eigenvalue weighted by Crippen LogP contribution is -2.04. The number of carboxylic acid groups (broad SMARTS) is 1. The highest BCUT2D eigenvalue weighted by Crippen LogP contribution is 2.36. The summed E-state index contributed by atoms with van der Waals surface area (Å²) < 4.78 is 1.75. The van der Waals surface area contributed by atoms with Gasteiger partial charge < -0.3 is 5.11 Å². The Bertz CT molecular complexity index is 1120. The molecule has 0 saturated carbocycles. The van der Waals surface area contributed by atoms with E-state index in [1.807, 2.05) is 78.9 Å². The molecule has 0 atom stereocenters. The zero-order chi connectivity index (χ0) is 19.5. The van der Waals surface area contributed by atoms with Crippen LogP contribution in [0.1, 0.15) is 5.56 Å². The Morgan fingerprint density at radius 1 is 0.857 bits per heavy atom. The third-order valence-electron chi connectivity index (χ3n) is 4.49. The fourth-order valence-corrected chi connectivity index (χ4v) is 3.50. The van der Waals surface area contributed by atoms with Crippen molar-refractivity contribution >= 4 is 17.6 Å². The first kappa shape index (κ1) is 18.0. The lowest BCUT2D eigenvalue weighted by Gasteiger charge is -2.11. The molecule has 0 aliphatic carbocycles. The molecule has 4 rings (SSSR count). The molecule has 0 amide bonds. The SMILES string of the molecule is O=C(O)Cc1c(-c2ccccc2)nn(-c2ccccc2Cl)c1-c1ccccc1. The molecule has 28 heavy (non-hydrogen) atoms. The van der Waals surface area contributed by atoms with Crippen molar-refractivity contribution in [2.45, 2.75) is 6.42 Å². The normalized spacial score (nSPS) is 10.8. The third kappa shape index (κ3) is 3.42. The van der Waals surface area contributed by atoms with Gasteiger partial charge in [-0.05, 0) is 12.1 Å². The monoisotopic (exact) mass is 388 g/mol. The van der Waals surface area contributed by atoms with Gasteiger partial charge in [0.25, 0.3) is 0 Å². The minimum atomic E-state index is -0.909. The van der Waals surface area contributed by atoms with Gasteiger partial charge in [-0.2, -0.15) is 5.10 Å². The first-order chi connectivity index (χ1) is 13.6. The number of para-hydroxylation sites is 1. The smallest absolute Gasteiger partial charge is 0.307 e. The highest BCUT2D eigenvalue weighted by molar-refractivity contribution is 6.32. The standard InChI is InChI=1S/C23H17ClN2O2/c24-19-13-7-8-14-20(19)26-23(17-11-5-2-6-12-17)18(15-21(27)28)22(25-26)16-9-3-1-4-10-16/h1-14H,15H2,(H,27,28). The molecular weight excluding hydrogens is 372 g/mol. The van der Waals surface area contributed by atoms with Gasteiger partial charge in [0.05, 0.1) is 28.5 Å². The number of aliphatic carboxylic acids is 1. The van der Waals surface area contributed by atoms with E-state index in [2.05, 4.69) is 0 Å². The van der Waals surface area contributed by atoms with Crippen LogP contribution in [-0.4, -0.2) is 20.9 Å². The summed E-state index contributed by atoms with van der Waals surface area (Å²) in [4.78, 5) is 11.7. The second-order valence-corrected chi connectivity index (χ2v) is 6.75. The van der Waals surface area contributed by atoms with Gasteiger partial charge in [0.15, 0.2) is 0 Å². The van der Waals surface area contributed by atoms with E-state index in [-0.39, 0.29) is 6.42 Å². The second kappa shape index (κ2) is 7.71. The van der Waals surface area contributed by atoms with Gasteiger partial charge in [0.2, 0.25) is 0 Å². The topological polar surface area (TPSA) is 55.1 Å².